The van der Waals surface area contributed by atoms with Gasteiger partial charge in [-0.15, -0.1) is 5.10 Å². The number of benzene rings is 2. The van der Waals surface area contributed by atoms with Crippen LogP contribution in [0.3, 0.4) is 0 Å². The van der Waals surface area contributed by atoms with Gasteiger partial charge in [-0.05, 0) is 36.6 Å². The Morgan fingerprint density at radius 1 is 1.12 bits per heavy atom. The molecule has 2 aliphatic rings. The Balaban J connectivity index is 0.000000734. The minimum absolute atomic E-state index is 0.0387. The van der Waals surface area contributed by atoms with Gasteiger partial charge >= 0.3 is 12.1 Å². The summed E-state index contributed by atoms with van der Waals surface area (Å²) in [5, 5.41) is 19.4. The van der Waals surface area contributed by atoms with E-state index in [2.05, 4.69) is 22.2 Å². The molecule has 1 aromatic heterocycles. The fourth-order valence-electron chi connectivity index (χ4n) is 5.40. The SMILES string of the molecule is C=CC(=O)O.CC(C)CN(C(=O)c1nnn(-c2ccccc2F)c1COc1ccccc1)[C@@H]1CNC[C@H](C(=O)N2CCOCC2)C1.O=C=O. The highest BCUT2D eigenvalue weighted by molar-refractivity contribution is 5.94. The normalized spacial score (nSPS) is 16.9. The van der Waals surface area contributed by atoms with Crippen LogP contribution < -0.4 is 10.1 Å². The number of hydrogen-bond acceptors (Lipinski definition) is 10. The van der Waals surface area contributed by atoms with E-state index in [9.17, 15) is 18.8 Å². The Kier molecular flexibility index (Phi) is 15.2. The van der Waals surface area contributed by atoms with Crippen LogP contribution in [0.4, 0.5) is 4.39 Å². The summed E-state index contributed by atoms with van der Waals surface area (Å²) in [5.41, 5.74) is 0.630. The first-order valence-electron chi connectivity index (χ1n) is 15.7. The van der Waals surface area contributed by atoms with Gasteiger partial charge in [-0.1, -0.05) is 56.0 Å². The van der Waals surface area contributed by atoms with E-state index in [1.54, 1.807) is 23.1 Å². The zero-order valence-electron chi connectivity index (χ0n) is 27.5. The van der Waals surface area contributed by atoms with E-state index in [-0.39, 0.29) is 53.8 Å². The number of rotatable bonds is 10. The molecule has 0 aliphatic carbocycles. The molecule has 2 N–H and O–H groups in total. The molecule has 2 fully saturated rings. The molecule has 3 heterocycles. The molecule has 5 rings (SSSR count). The van der Waals surface area contributed by atoms with Crippen molar-refractivity contribution in [1.29, 1.82) is 0 Å². The van der Waals surface area contributed by atoms with Gasteiger partial charge in [0.1, 0.15) is 29.6 Å². The highest BCUT2D eigenvalue weighted by Crippen LogP contribution is 2.25. The molecular formula is C34H41FN6O8. The third kappa shape index (κ3) is 11.2. The van der Waals surface area contributed by atoms with E-state index in [4.69, 9.17) is 24.2 Å². The number of piperidine rings is 1. The zero-order valence-corrected chi connectivity index (χ0v) is 27.5. The molecule has 14 nitrogen and oxygen atoms in total. The molecule has 3 aromatic rings. The quantitative estimate of drug-likeness (QED) is 0.302. The molecule has 2 saturated heterocycles. The van der Waals surface area contributed by atoms with Gasteiger partial charge in [-0.25, -0.2) is 13.9 Å². The number of para-hydroxylation sites is 2. The van der Waals surface area contributed by atoms with Gasteiger partial charge < -0.3 is 29.7 Å². The van der Waals surface area contributed by atoms with Crippen LogP contribution in [0.1, 0.15) is 36.5 Å². The highest BCUT2D eigenvalue weighted by atomic mass is 19.1. The second-order valence-corrected chi connectivity index (χ2v) is 11.5. The van der Waals surface area contributed by atoms with Gasteiger partial charge in [0.15, 0.2) is 5.69 Å². The molecule has 2 aliphatic heterocycles. The standard InChI is InChI=1S/C30H37FN6O4.C3H4O2.CO2/c1-21(2)19-36(23-16-22(17-32-18-23)29(38)35-12-14-40-15-13-35)30(39)28-27(20-41-24-8-4-3-5-9-24)37(34-33-28)26-11-7-6-10-25(26)31;1-2-3(4)5;2-1-3/h3-11,21-23,32H,12-20H2,1-2H3;2H,1H2,(H,4,5);/t22-,23+;;/m1../s1. The van der Waals surface area contributed by atoms with Gasteiger partial charge in [0.25, 0.3) is 5.91 Å². The van der Waals surface area contributed by atoms with Crippen molar-refractivity contribution in [3.63, 3.8) is 0 Å². The smallest absolute Gasteiger partial charge is 0.373 e. The summed E-state index contributed by atoms with van der Waals surface area (Å²) in [5.74, 6) is -1.18. The summed E-state index contributed by atoms with van der Waals surface area (Å²) < 4.78 is 27.6. The van der Waals surface area contributed by atoms with Gasteiger partial charge in [-0.2, -0.15) is 9.59 Å². The van der Waals surface area contributed by atoms with Crippen molar-refractivity contribution in [2.45, 2.75) is 32.9 Å². The number of ether oxygens (including phenoxy) is 2. The van der Waals surface area contributed by atoms with Gasteiger partial charge in [0.2, 0.25) is 5.91 Å². The van der Waals surface area contributed by atoms with Crippen LogP contribution in [0.5, 0.6) is 5.75 Å². The number of carbonyl (C=O) groups is 3. The van der Waals surface area contributed by atoms with Gasteiger partial charge in [-0.3, -0.25) is 9.59 Å². The van der Waals surface area contributed by atoms with E-state index in [1.165, 1.54) is 10.7 Å². The van der Waals surface area contributed by atoms with Crippen LogP contribution in [-0.2, 0) is 30.5 Å². The summed E-state index contributed by atoms with van der Waals surface area (Å²) in [6.07, 6.45) is 1.62. The van der Waals surface area contributed by atoms with Crippen molar-refractivity contribution in [2.24, 2.45) is 11.8 Å². The molecule has 0 radical (unpaired) electrons. The number of carboxylic acids is 1. The average molecular weight is 681 g/mol. The zero-order chi connectivity index (χ0) is 35.8. The number of aliphatic carboxylic acids is 1. The monoisotopic (exact) mass is 680 g/mol. The fourth-order valence-corrected chi connectivity index (χ4v) is 5.40. The van der Waals surface area contributed by atoms with Crippen molar-refractivity contribution in [3.05, 3.63) is 84.5 Å². The van der Waals surface area contributed by atoms with Crippen LogP contribution in [0.25, 0.3) is 5.69 Å². The predicted molar refractivity (Wildman–Crippen MR) is 173 cm³/mol. The first-order valence-corrected chi connectivity index (χ1v) is 15.7. The number of aromatic nitrogens is 3. The van der Waals surface area contributed by atoms with Crippen LogP contribution >= 0.6 is 0 Å². The Morgan fingerprint density at radius 3 is 2.37 bits per heavy atom. The van der Waals surface area contributed by atoms with Crippen molar-refractivity contribution in [2.75, 3.05) is 45.9 Å². The number of carboxylic acid groups (broad SMARTS) is 1. The average Bonchev–Trinajstić information content (AvgIpc) is 3.54. The topological polar surface area (TPSA) is 173 Å². The molecule has 2 aromatic carbocycles. The maximum atomic E-state index is 14.8. The van der Waals surface area contributed by atoms with Gasteiger partial charge in [0.05, 0.1) is 19.1 Å². The lowest BCUT2D eigenvalue weighted by Gasteiger charge is -2.40. The molecule has 2 amide bonds. The van der Waals surface area contributed by atoms with Gasteiger partial charge in [0, 0.05) is 44.8 Å². The van der Waals surface area contributed by atoms with Crippen molar-refractivity contribution in [1.82, 2.24) is 30.1 Å². The largest absolute Gasteiger partial charge is 0.487 e. The molecule has 49 heavy (non-hydrogen) atoms. The molecule has 0 spiro atoms. The van der Waals surface area contributed by atoms with Crippen molar-refractivity contribution >= 4 is 23.9 Å². The minimum atomic E-state index is -0.981. The number of morpholine rings is 1. The number of nitrogens with one attached hydrogen (secondary N) is 1. The Labute approximate surface area is 283 Å². The van der Waals surface area contributed by atoms with E-state index in [0.717, 1.165) is 6.08 Å². The molecule has 0 unspecified atom stereocenters. The summed E-state index contributed by atoms with van der Waals surface area (Å²) in [6, 6.07) is 15.2. The molecule has 262 valence electrons. The maximum absolute atomic E-state index is 14.8. The van der Waals surface area contributed by atoms with E-state index < -0.39 is 11.8 Å². The Hall–Kier alpha value is -5.24. The first-order chi connectivity index (χ1) is 23.6. The Bertz CT molecular complexity index is 1570. The highest BCUT2D eigenvalue weighted by Gasteiger charge is 2.37. The second-order valence-electron chi connectivity index (χ2n) is 11.5. The number of carbonyl (C=O) groups excluding carboxylic acids is 4. The van der Waals surface area contributed by atoms with Crippen LogP contribution in [0, 0.1) is 17.7 Å². The van der Waals surface area contributed by atoms with E-state index >= 15 is 0 Å². The summed E-state index contributed by atoms with van der Waals surface area (Å²) in [4.78, 5) is 56.7. The van der Waals surface area contributed by atoms with E-state index in [0.29, 0.717) is 63.8 Å². The van der Waals surface area contributed by atoms with Crippen molar-refractivity contribution < 1.29 is 42.9 Å². The lowest BCUT2D eigenvalue weighted by atomic mass is 9.92. The maximum Gasteiger partial charge on any atom is 0.373 e. The Morgan fingerprint density at radius 2 is 1.76 bits per heavy atom. The van der Waals surface area contributed by atoms with E-state index in [1.807, 2.05) is 49.1 Å². The molecule has 0 bridgehead atoms. The molecule has 2 atom stereocenters. The summed E-state index contributed by atoms with van der Waals surface area (Å²) in [6.45, 7) is 10.8. The lowest BCUT2D eigenvalue weighted by molar-refractivity contribution is -0.191. The second kappa shape index (κ2) is 19.5. The minimum Gasteiger partial charge on any atom is -0.487 e. The summed E-state index contributed by atoms with van der Waals surface area (Å²) in [7, 11) is 0. The molecular weight excluding hydrogens is 639 g/mol. The number of halogens is 1. The van der Waals surface area contributed by atoms with Crippen molar-refractivity contribution in [3.8, 4) is 11.4 Å². The molecule has 15 heteroatoms. The number of nitrogens with zero attached hydrogens (tertiary/aromatic N) is 5. The van der Waals surface area contributed by atoms with Crippen LogP contribution in [0.2, 0.25) is 0 Å². The molecule has 0 saturated carbocycles. The third-order valence-electron chi connectivity index (χ3n) is 7.60. The number of hydrogen-bond donors (Lipinski definition) is 2. The fraction of sp³-hybridized carbons (Fsp3) is 0.412. The predicted octanol–water partition coefficient (Wildman–Crippen LogP) is 2.59. The van der Waals surface area contributed by atoms with Crippen LogP contribution in [-0.4, -0.2) is 106 Å². The lowest BCUT2D eigenvalue weighted by Crippen LogP contribution is -2.56. The summed E-state index contributed by atoms with van der Waals surface area (Å²) >= 11 is 0. The number of amides is 2. The first kappa shape index (κ1) is 38.2. The van der Waals surface area contributed by atoms with Crippen LogP contribution in [0.15, 0.2) is 67.3 Å². The third-order valence-corrected chi connectivity index (χ3v) is 7.60.